The standard InChI is InChI=1S/C18H20N2O2.C18H19NO2.2CH4.ClH.H3NO/c21-17-16(20-22)14-6-13(1-2-15(14)19-17)18-7-10-3-11(8-18)5-12(4-10)9-18;20-16-14-6-13(1-2-15(14)19-17(16)21)18-7-10-3-11(8-18)5-12(4-10)9-18;;;;1-2/h1-2,6,10-12,19,21H,3-5,7-9H2;1-2,6,10-12H,3-5,7-9H2,(H,19,20,21);2*1H4;1H;2H,1H2. The first-order chi connectivity index (χ1) is 21.8. The van der Waals surface area contributed by atoms with Gasteiger partial charge in [-0.15, -0.1) is 17.3 Å². The van der Waals surface area contributed by atoms with E-state index in [0.717, 1.165) is 46.4 Å². The predicted octanol–water partition coefficient (Wildman–Crippen LogP) is 9.06. The van der Waals surface area contributed by atoms with E-state index in [2.05, 4.69) is 39.6 Å². The van der Waals surface area contributed by atoms with E-state index in [1.54, 1.807) is 0 Å². The summed E-state index contributed by atoms with van der Waals surface area (Å²) in [4.78, 5) is 37.4. The average Bonchev–Trinajstić information content (AvgIpc) is 3.50. The van der Waals surface area contributed by atoms with Crippen LogP contribution in [0.5, 0.6) is 5.88 Å². The Morgan fingerprint density at radius 1 is 0.708 bits per heavy atom. The Balaban J connectivity index is 0.000000169. The number of halogens is 1. The van der Waals surface area contributed by atoms with Crippen LogP contribution in [0, 0.1) is 40.4 Å². The number of aromatic hydroxyl groups is 1. The molecule has 8 fully saturated rings. The summed E-state index contributed by atoms with van der Waals surface area (Å²) in [6.45, 7) is 0. The third-order valence-electron chi connectivity index (χ3n) is 12.9. The molecule has 1 aromatic heterocycles. The molecule has 1 aliphatic heterocycles. The van der Waals surface area contributed by atoms with E-state index in [1.165, 1.54) is 88.2 Å². The number of hydrogen-bond acceptors (Lipinski definition) is 7. The quantitative estimate of drug-likeness (QED) is 0.106. The minimum Gasteiger partial charge on any atom is -0.493 e. The third-order valence-corrected chi connectivity index (χ3v) is 12.9. The maximum atomic E-state index is 12.0. The van der Waals surface area contributed by atoms with Crippen molar-refractivity contribution >= 4 is 46.4 Å². The predicted molar refractivity (Wildman–Crippen MR) is 191 cm³/mol. The van der Waals surface area contributed by atoms with E-state index in [1.807, 2.05) is 18.2 Å². The molecule has 2 aromatic carbocycles. The van der Waals surface area contributed by atoms with Crippen molar-refractivity contribution in [1.82, 2.24) is 4.98 Å². The van der Waals surface area contributed by atoms with Crippen molar-refractivity contribution in [2.24, 2.45) is 46.6 Å². The number of ketones is 1. The Hall–Kier alpha value is -3.27. The van der Waals surface area contributed by atoms with Gasteiger partial charge in [0.15, 0.2) is 5.69 Å². The number of carbonyl (C=O) groups excluding carboxylic acids is 2. The lowest BCUT2D eigenvalue weighted by atomic mass is 9.48. The molecule has 1 amide bonds. The zero-order valence-electron chi connectivity index (χ0n) is 26.0. The highest BCUT2D eigenvalue weighted by atomic mass is 35.5. The van der Waals surface area contributed by atoms with Crippen LogP contribution >= 0.6 is 12.4 Å². The summed E-state index contributed by atoms with van der Waals surface area (Å²) in [5, 5.41) is 22.7. The van der Waals surface area contributed by atoms with Crippen LogP contribution in [0.15, 0.2) is 41.6 Å². The molecule has 0 atom stereocenters. The lowest BCUT2D eigenvalue weighted by Gasteiger charge is -2.57. The Morgan fingerprint density at radius 2 is 1.15 bits per heavy atom. The number of aromatic nitrogens is 1. The molecular formula is C38H51ClN4O5. The molecule has 6 N–H and O–H groups in total. The zero-order chi connectivity index (χ0) is 31.1. The van der Waals surface area contributed by atoms with E-state index in [0.29, 0.717) is 16.7 Å². The lowest BCUT2D eigenvalue weighted by Crippen LogP contribution is -2.48. The molecule has 8 bridgehead atoms. The van der Waals surface area contributed by atoms with Crippen LogP contribution in [0.1, 0.15) is 113 Å². The largest absolute Gasteiger partial charge is 0.493 e. The maximum Gasteiger partial charge on any atom is 0.296 e. The number of nitroso groups, excluding NO2 is 1. The van der Waals surface area contributed by atoms with Gasteiger partial charge in [-0.25, -0.2) is 5.90 Å². The molecule has 260 valence electrons. The number of rotatable bonds is 3. The van der Waals surface area contributed by atoms with Gasteiger partial charge in [-0.2, -0.15) is 0 Å². The normalized spacial score (nSPS) is 34.0. The van der Waals surface area contributed by atoms with Gasteiger partial charge in [-0.05, 0) is 164 Å². The molecule has 0 saturated heterocycles. The molecule has 10 heteroatoms. The van der Waals surface area contributed by atoms with Crippen LogP contribution in [-0.2, 0) is 15.6 Å². The summed E-state index contributed by atoms with van der Waals surface area (Å²) in [5.74, 6) is 7.89. The molecule has 0 unspecified atom stereocenters. The highest BCUT2D eigenvalue weighted by molar-refractivity contribution is 6.51. The van der Waals surface area contributed by atoms with Gasteiger partial charge in [-0.3, -0.25) is 9.59 Å². The second kappa shape index (κ2) is 13.2. The van der Waals surface area contributed by atoms with E-state index in [4.69, 9.17) is 5.21 Å². The van der Waals surface area contributed by atoms with Crippen molar-refractivity contribution in [1.29, 1.82) is 0 Å². The highest BCUT2D eigenvalue weighted by Gasteiger charge is 2.53. The number of Topliss-reactive ketones (excluding diaryl/α,β-unsaturated/α-hetero) is 1. The van der Waals surface area contributed by atoms with Gasteiger partial charge in [0.1, 0.15) is 0 Å². The molecular weight excluding hydrogens is 628 g/mol. The van der Waals surface area contributed by atoms with E-state index < -0.39 is 5.91 Å². The number of H-pyrrole nitrogens is 1. The van der Waals surface area contributed by atoms with Gasteiger partial charge in [0, 0.05) is 5.39 Å². The van der Waals surface area contributed by atoms with Crippen LogP contribution in [0.4, 0.5) is 11.4 Å². The van der Waals surface area contributed by atoms with Gasteiger partial charge in [-0.1, -0.05) is 27.0 Å². The maximum absolute atomic E-state index is 12.0. The smallest absolute Gasteiger partial charge is 0.296 e. The van der Waals surface area contributed by atoms with E-state index >= 15 is 0 Å². The van der Waals surface area contributed by atoms with Crippen molar-refractivity contribution in [2.45, 2.75) is 103 Å². The molecule has 12 rings (SSSR count). The van der Waals surface area contributed by atoms with Crippen molar-refractivity contribution in [3.8, 4) is 5.88 Å². The topological polar surface area (TPSA) is 158 Å². The number of fused-ring (bicyclic) bond motifs is 2. The Morgan fingerprint density at radius 3 is 1.60 bits per heavy atom. The number of nitrogens with zero attached hydrogens (tertiary/aromatic N) is 1. The lowest BCUT2D eigenvalue weighted by molar-refractivity contribution is -0.112. The molecule has 9 nitrogen and oxygen atoms in total. The second-order valence-electron chi connectivity index (χ2n) is 15.6. The van der Waals surface area contributed by atoms with Crippen LogP contribution in [0.3, 0.4) is 0 Å². The second-order valence-corrected chi connectivity index (χ2v) is 15.6. The van der Waals surface area contributed by atoms with Gasteiger partial charge >= 0.3 is 0 Å². The number of hydrogen-bond donors (Lipinski definition) is 5. The van der Waals surface area contributed by atoms with Crippen LogP contribution in [-0.4, -0.2) is 27.0 Å². The van der Waals surface area contributed by atoms with Crippen molar-refractivity contribution < 1.29 is 19.9 Å². The number of nitrogens with two attached hydrogens (primary N) is 1. The van der Waals surface area contributed by atoms with Gasteiger partial charge < -0.3 is 20.6 Å². The van der Waals surface area contributed by atoms with Gasteiger partial charge in [0.25, 0.3) is 11.7 Å². The monoisotopic (exact) mass is 678 g/mol. The SMILES string of the molecule is C.C.Cl.NO.O=C1Nc2ccc(C34CC5CC(CC(C5)C3)C4)cc2C1=O.O=Nc1c(O)[nH]c2ccc(C34CC5CC(CC(C5)C3)C4)cc12. The molecule has 0 spiro atoms. The first kappa shape index (κ1) is 36.0. The van der Waals surface area contributed by atoms with Crippen molar-refractivity contribution in [2.75, 3.05) is 5.32 Å². The van der Waals surface area contributed by atoms with E-state index in [9.17, 15) is 19.6 Å². The minimum atomic E-state index is -0.479. The fourth-order valence-electron chi connectivity index (χ4n) is 12.0. The molecule has 8 aliphatic carbocycles. The van der Waals surface area contributed by atoms with Crippen LogP contribution in [0.25, 0.3) is 10.9 Å². The number of benzene rings is 2. The summed E-state index contributed by atoms with van der Waals surface area (Å²) < 4.78 is 0. The van der Waals surface area contributed by atoms with Crippen molar-refractivity contribution in [3.05, 3.63) is 58.0 Å². The third kappa shape index (κ3) is 5.65. The fraction of sp³-hybridized carbons (Fsp3) is 0.579. The van der Waals surface area contributed by atoms with E-state index in [-0.39, 0.29) is 50.0 Å². The fourth-order valence-corrected chi connectivity index (χ4v) is 12.0. The van der Waals surface area contributed by atoms with Crippen molar-refractivity contribution in [3.63, 3.8) is 0 Å². The summed E-state index contributed by atoms with van der Waals surface area (Å²) in [5.41, 5.74) is 5.48. The molecule has 0 radical (unpaired) electrons. The summed E-state index contributed by atoms with van der Waals surface area (Å²) >= 11 is 0. The van der Waals surface area contributed by atoms with Gasteiger partial charge in [0.2, 0.25) is 5.88 Å². The molecule has 3 aromatic rings. The molecule has 48 heavy (non-hydrogen) atoms. The Kier molecular flexibility index (Phi) is 9.92. The molecule has 8 saturated carbocycles. The summed E-state index contributed by atoms with van der Waals surface area (Å²) in [6, 6.07) is 12.4. The number of amides is 1. The zero-order valence-corrected chi connectivity index (χ0v) is 26.8. The average molecular weight is 679 g/mol. The van der Waals surface area contributed by atoms with Crippen LogP contribution < -0.4 is 11.2 Å². The summed E-state index contributed by atoms with van der Waals surface area (Å²) in [6.07, 6.45) is 16.3. The molecule has 2 heterocycles. The number of nitrogens with one attached hydrogen (secondary N) is 2. The Bertz CT molecular complexity index is 1650. The highest BCUT2D eigenvalue weighted by Crippen LogP contribution is 2.62. The number of carbonyl (C=O) groups is 2. The minimum absolute atomic E-state index is 0. The summed E-state index contributed by atoms with van der Waals surface area (Å²) in [7, 11) is 0. The number of aromatic amines is 1. The molecule has 9 aliphatic rings. The van der Waals surface area contributed by atoms with Gasteiger partial charge in [0.05, 0.1) is 16.8 Å². The number of anilines is 1. The Labute approximate surface area is 289 Å². The first-order valence-electron chi connectivity index (χ1n) is 16.7. The first-order valence-corrected chi connectivity index (χ1v) is 16.7. The van der Waals surface area contributed by atoms with Crippen LogP contribution in [0.2, 0.25) is 0 Å².